The number of rotatable bonds is 4. The van der Waals surface area contributed by atoms with E-state index < -0.39 is 5.97 Å². The number of hydrogen-bond donors (Lipinski definition) is 1. The number of aliphatic carboxylic acids is 1. The molecular weight excluding hydrogens is 266 g/mol. The van der Waals surface area contributed by atoms with E-state index in [2.05, 4.69) is 0 Å². The molecule has 0 spiro atoms. The molecule has 1 aliphatic rings. The smallest absolute Gasteiger partial charge is 0.307 e. The topological polar surface area (TPSA) is 59.3 Å². The van der Waals surface area contributed by atoms with Crippen LogP contribution in [0.3, 0.4) is 0 Å². The van der Waals surface area contributed by atoms with Crippen molar-refractivity contribution in [3.05, 3.63) is 69.1 Å². The zero-order valence-corrected chi connectivity index (χ0v) is 11.7. The van der Waals surface area contributed by atoms with E-state index in [-0.39, 0.29) is 12.0 Å². The maximum absolute atomic E-state index is 12.1. The summed E-state index contributed by atoms with van der Waals surface area (Å²) in [4.78, 5) is 22.8. The summed E-state index contributed by atoms with van der Waals surface area (Å²) in [5.74, 6) is -0.833. The Labute approximate surface area is 122 Å². The molecule has 4 nitrogen and oxygen atoms in total. The molecule has 1 N–H and O–H groups in total. The van der Waals surface area contributed by atoms with Gasteiger partial charge < -0.3 is 9.67 Å². The fraction of sp³-hybridized carbons (Fsp3) is 0.294. The van der Waals surface area contributed by atoms with Crippen molar-refractivity contribution in [1.29, 1.82) is 0 Å². The first kappa shape index (κ1) is 13.6. The molecule has 0 aliphatic heterocycles. The molecule has 1 aliphatic carbocycles. The number of aromatic nitrogens is 1. The summed E-state index contributed by atoms with van der Waals surface area (Å²) < 4.78 is 1.84. The Morgan fingerprint density at radius 2 is 1.76 bits per heavy atom. The number of benzene rings is 1. The maximum Gasteiger partial charge on any atom is 0.307 e. The molecule has 0 saturated heterocycles. The van der Waals surface area contributed by atoms with Crippen LogP contribution in [0.1, 0.15) is 28.8 Å². The highest BCUT2D eigenvalue weighted by atomic mass is 16.4. The van der Waals surface area contributed by atoms with Gasteiger partial charge >= 0.3 is 5.97 Å². The summed E-state index contributed by atoms with van der Waals surface area (Å²) in [7, 11) is 0. The fourth-order valence-corrected chi connectivity index (χ4v) is 2.93. The van der Waals surface area contributed by atoms with E-state index in [0.717, 1.165) is 36.1 Å². The van der Waals surface area contributed by atoms with Crippen molar-refractivity contribution >= 4 is 5.97 Å². The molecule has 1 heterocycles. The third kappa shape index (κ3) is 2.89. The third-order valence-electron chi connectivity index (χ3n) is 3.97. The van der Waals surface area contributed by atoms with Gasteiger partial charge in [-0.05, 0) is 36.0 Å². The Bertz CT molecular complexity index is 729. The summed E-state index contributed by atoms with van der Waals surface area (Å²) in [5.41, 5.74) is 4.25. The van der Waals surface area contributed by atoms with Crippen LogP contribution in [0.5, 0.6) is 0 Å². The van der Waals surface area contributed by atoms with E-state index in [1.807, 2.05) is 34.9 Å². The molecule has 0 unspecified atom stereocenters. The number of aryl methyl sites for hydroxylation is 1. The van der Waals surface area contributed by atoms with Crippen molar-refractivity contribution in [2.45, 2.75) is 32.2 Å². The quantitative estimate of drug-likeness (QED) is 0.933. The lowest BCUT2D eigenvalue weighted by atomic mass is 10.1. The van der Waals surface area contributed by atoms with E-state index in [1.165, 1.54) is 5.56 Å². The van der Waals surface area contributed by atoms with Gasteiger partial charge in [0.2, 0.25) is 0 Å². The van der Waals surface area contributed by atoms with Gasteiger partial charge in [-0.3, -0.25) is 9.59 Å². The minimum atomic E-state index is -0.833. The maximum atomic E-state index is 12.1. The first-order valence-electron chi connectivity index (χ1n) is 7.15. The number of carbonyl (C=O) groups is 1. The lowest BCUT2D eigenvalue weighted by Gasteiger charge is -2.12. The van der Waals surface area contributed by atoms with Crippen LogP contribution in [0, 0.1) is 0 Å². The molecule has 1 aromatic heterocycles. The molecule has 0 bridgehead atoms. The molecule has 4 heteroatoms. The Hall–Kier alpha value is -2.36. The highest BCUT2D eigenvalue weighted by Gasteiger charge is 2.15. The molecule has 2 aromatic rings. The molecule has 0 saturated carbocycles. The van der Waals surface area contributed by atoms with Gasteiger partial charge in [0.05, 0.1) is 13.0 Å². The average Bonchev–Trinajstić information content (AvgIpc) is 2.92. The van der Waals surface area contributed by atoms with E-state index >= 15 is 0 Å². The average molecular weight is 283 g/mol. The van der Waals surface area contributed by atoms with Crippen molar-refractivity contribution in [1.82, 2.24) is 4.57 Å². The first-order chi connectivity index (χ1) is 10.1. The van der Waals surface area contributed by atoms with Gasteiger partial charge in [0, 0.05) is 11.8 Å². The molecule has 0 amide bonds. The molecule has 0 radical (unpaired) electrons. The molecule has 1 aromatic carbocycles. The highest BCUT2D eigenvalue weighted by Crippen LogP contribution is 2.20. The van der Waals surface area contributed by atoms with Crippen LogP contribution in [0.25, 0.3) is 0 Å². The minimum absolute atomic E-state index is 0.0287. The van der Waals surface area contributed by atoms with E-state index in [9.17, 15) is 9.59 Å². The van der Waals surface area contributed by atoms with E-state index in [1.54, 1.807) is 6.07 Å². The second-order valence-corrected chi connectivity index (χ2v) is 5.47. The lowest BCUT2D eigenvalue weighted by Crippen LogP contribution is -2.23. The van der Waals surface area contributed by atoms with Crippen LogP contribution in [-0.4, -0.2) is 15.6 Å². The van der Waals surface area contributed by atoms with E-state index in [4.69, 9.17) is 5.11 Å². The second kappa shape index (κ2) is 5.56. The van der Waals surface area contributed by atoms with Crippen molar-refractivity contribution in [2.75, 3.05) is 0 Å². The number of carboxylic acids is 1. The van der Waals surface area contributed by atoms with Crippen molar-refractivity contribution in [3.63, 3.8) is 0 Å². The summed E-state index contributed by atoms with van der Waals surface area (Å²) in [6.07, 6.45) is 3.15. The van der Waals surface area contributed by atoms with Gasteiger partial charge in [-0.15, -0.1) is 0 Å². The normalized spacial score (nSPS) is 13.1. The summed E-state index contributed by atoms with van der Waals surface area (Å²) in [6, 6.07) is 11.0. The summed E-state index contributed by atoms with van der Waals surface area (Å²) >= 11 is 0. The molecule has 0 atom stereocenters. The van der Waals surface area contributed by atoms with Crippen LogP contribution in [0.4, 0.5) is 0 Å². The van der Waals surface area contributed by atoms with Gasteiger partial charge in [0.25, 0.3) is 5.56 Å². The molecular formula is C17H17NO3. The van der Waals surface area contributed by atoms with Gasteiger partial charge in [0.1, 0.15) is 0 Å². The summed E-state index contributed by atoms with van der Waals surface area (Å²) in [5, 5.41) is 8.77. The largest absolute Gasteiger partial charge is 0.481 e. The number of carboxylic acid groups (broad SMARTS) is 1. The monoisotopic (exact) mass is 283 g/mol. The lowest BCUT2D eigenvalue weighted by molar-refractivity contribution is -0.136. The van der Waals surface area contributed by atoms with Crippen molar-refractivity contribution in [3.8, 4) is 0 Å². The highest BCUT2D eigenvalue weighted by molar-refractivity contribution is 5.70. The van der Waals surface area contributed by atoms with E-state index in [0.29, 0.717) is 6.54 Å². The predicted molar refractivity (Wildman–Crippen MR) is 79.6 cm³/mol. The van der Waals surface area contributed by atoms with Crippen LogP contribution in [-0.2, 0) is 30.6 Å². The van der Waals surface area contributed by atoms with Crippen LogP contribution in [0.2, 0.25) is 0 Å². The number of hydrogen-bond acceptors (Lipinski definition) is 2. The zero-order valence-electron chi connectivity index (χ0n) is 11.7. The minimum Gasteiger partial charge on any atom is -0.481 e. The Kier molecular flexibility index (Phi) is 3.60. The van der Waals surface area contributed by atoms with Gasteiger partial charge in [0.15, 0.2) is 0 Å². The molecule has 3 rings (SSSR count). The fourth-order valence-electron chi connectivity index (χ4n) is 2.93. The van der Waals surface area contributed by atoms with Crippen LogP contribution < -0.4 is 5.56 Å². The van der Waals surface area contributed by atoms with Crippen molar-refractivity contribution < 1.29 is 9.90 Å². The molecule has 0 fully saturated rings. The Morgan fingerprint density at radius 1 is 1.05 bits per heavy atom. The van der Waals surface area contributed by atoms with Gasteiger partial charge in [-0.1, -0.05) is 30.3 Å². The SMILES string of the molecule is O=C(O)Cc1ccc(Cn2c3c(ccc2=O)CCC3)cc1. The Morgan fingerprint density at radius 3 is 2.48 bits per heavy atom. The molecule has 108 valence electrons. The second-order valence-electron chi connectivity index (χ2n) is 5.47. The number of fused-ring (bicyclic) bond motifs is 1. The van der Waals surface area contributed by atoms with Crippen molar-refractivity contribution in [2.24, 2.45) is 0 Å². The predicted octanol–water partition coefficient (Wildman–Crippen LogP) is 2.01. The Balaban J connectivity index is 1.86. The first-order valence-corrected chi connectivity index (χ1v) is 7.15. The molecule has 21 heavy (non-hydrogen) atoms. The number of pyridine rings is 1. The zero-order chi connectivity index (χ0) is 14.8. The standard InChI is InChI=1S/C17H17NO3/c19-16-9-8-14-2-1-3-15(14)18(16)11-13-6-4-12(5-7-13)10-17(20)21/h4-9H,1-3,10-11H2,(H,20,21). The third-order valence-corrected chi connectivity index (χ3v) is 3.97. The number of nitrogens with zero attached hydrogens (tertiary/aromatic N) is 1. The summed E-state index contributed by atoms with van der Waals surface area (Å²) in [6.45, 7) is 0.551. The van der Waals surface area contributed by atoms with Gasteiger partial charge in [-0.2, -0.15) is 0 Å². The van der Waals surface area contributed by atoms with Crippen LogP contribution in [0.15, 0.2) is 41.2 Å². The van der Waals surface area contributed by atoms with Gasteiger partial charge in [-0.25, -0.2) is 0 Å². The van der Waals surface area contributed by atoms with Crippen LogP contribution >= 0.6 is 0 Å².